The van der Waals surface area contributed by atoms with Crippen molar-refractivity contribution >= 4 is 5.69 Å². The van der Waals surface area contributed by atoms with Crippen LogP contribution in [-0.2, 0) is 0 Å². The molecule has 0 aliphatic carbocycles. The van der Waals surface area contributed by atoms with E-state index in [4.69, 9.17) is 10.00 Å². The number of nitrogens with one attached hydrogen (secondary N) is 1. The standard InChI is InChI=1S/C10H10FN3O3/c1-13-8(5-12)6-17-10-3-2-7(11)4-9(10)14(15)16/h2-4,8,13H,6H2,1H3. The fourth-order valence-electron chi connectivity index (χ4n) is 1.11. The van der Waals surface area contributed by atoms with Crippen molar-refractivity contribution in [2.45, 2.75) is 6.04 Å². The van der Waals surface area contributed by atoms with Gasteiger partial charge in [-0.25, -0.2) is 4.39 Å². The zero-order chi connectivity index (χ0) is 12.8. The topological polar surface area (TPSA) is 88.2 Å². The molecule has 1 aromatic carbocycles. The number of nitro groups is 1. The van der Waals surface area contributed by atoms with E-state index in [0.717, 1.165) is 18.2 Å². The SMILES string of the molecule is CNC(C#N)COc1ccc(F)cc1[N+](=O)[O-]. The number of nitrogens with zero attached hydrogens (tertiary/aromatic N) is 2. The van der Waals surface area contributed by atoms with E-state index >= 15 is 0 Å². The van der Waals surface area contributed by atoms with E-state index < -0.39 is 22.5 Å². The molecule has 0 saturated heterocycles. The Hall–Kier alpha value is -2.20. The molecule has 17 heavy (non-hydrogen) atoms. The number of ether oxygens (including phenoxy) is 1. The monoisotopic (exact) mass is 239 g/mol. The second kappa shape index (κ2) is 5.77. The maximum Gasteiger partial charge on any atom is 0.313 e. The largest absolute Gasteiger partial charge is 0.484 e. The van der Waals surface area contributed by atoms with Crippen LogP contribution in [-0.4, -0.2) is 24.6 Å². The molecule has 0 heterocycles. The van der Waals surface area contributed by atoms with Gasteiger partial charge in [0, 0.05) is 0 Å². The van der Waals surface area contributed by atoms with Gasteiger partial charge in [-0.3, -0.25) is 10.1 Å². The van der Waals surface area contributed by atoms with Crippen LogP contribution in [0.25, 0.3) is 0 Å². The van der Waals surface area contributed by atoms with Crippen molar-refractivity contribution in [3.8, 4) is 11.8 Å². The van der Waals surface area contributed by atoms with Crippen molar-refractivity contribution in [1.82, 2.24) is 5.32 Å². The van der Waals surface area contributed by atoms with E-state index in [2.05, 4.69) is 5.32 Å². The molecular formula is C10H10FN3O3. The van der Waals surface area contributed by atoms with Crippen LogP contribution in [0.3, 0.4) is 0 Å². The van der Waals surface area contributed by atoms with Crippen molar-refractivity contribution in [1.29, 1.82) is 5.26 Å². The predicted octanol–water partition coefficient (Wildman–Crippen LogP) is 1.22. The molecule has 0 aromatic heterocycles. The summed E-state index contributed by atoms with van der Waals surface area (Å²) in [4.78, 5) is 9.90. The third kappa shape index (κ3) is 3.39. The molecule has 0 saturated carbocycles. The fraction of sp³-hybridized carbons (Fsp3) is 0.300. The zero-order valence-corrected chi connectivity index (χ0v) is 9.01. The third-order valence-electron chi connectivity index (χ3n) is 2.03. The Kier molecular flexibility index (Phi) is 4.37. The molecule has 0 bridgehead atoms. The highest BCUT2D eigenvalue weighted by Gasteiger charge is 2.17. The van der Waals surface area contributed by atoms with Gasteiger partial charge < -0.3 is 10.1 Å². The minimum Gasteiger partial charge on any atom is -0.484 e. The number of benzene rings is 1. The summed E-state index contributed by atoms with van der Waals surface area (Å²) in [5, 5.41) is 21.9. The third-order valence-corrected chi connectivity index (χ3v) is 2.03. The fourth-order valence-corrected chi connectivity index (χ4v) is 1.11. The van der Waals surface area contributed by atoms with Gasteiger partial charge in [0.05, 0.1) is 17.1 Å². The van der Waals surface area contributed by atoms with Crippen molar-refractivity contribution in [3.63, 3.8) is 0 Å². The number of nitro benzene ring substituents is 1. The first kappa shape index (κ1) is 12.9. The average molecular weight is 239 g/mol. The normalized spacial score (nSPS) is 11.6. The average Bonchev–Trinajstić information content (AvgIpc) is 2.31. The van der Waals surface area contributed by atoms with Gasteiger partial charge in [0.2, 0.25) is 0 Å². The van der Waals surface area contributed by atoms with Gasteiger partial charge in [-0.15, -0.1) is 0 Å². The maximum absolute atomic E-state index is 12.8. The summed E-state index contributed by atoms with van der Waals surface area (Å²) in [6, 6.07) is 4.32. The minimum atomic E-state index is -0.737. The summed E-state index contributed by atoms with van der Waals surface area (Å²) in [7, 11) is 1.57. The summed E-state index contributed by atoms with van der Waals surface area (Å²) in [6.07, 6.45) is 0. The van der Waals surface area contributed by atoms with Crippen molar-refractivity contribution in [3.05, 3.63) is 34.1 Å². The lowest BCUT2D eigenvalue weighted by molar-refractivity contribution is -0.386. The molecular weight excluding hydrogens is 229 g/mol. The number of halogens is 1. The van der Waals surface area contributed by atoms with E-state index in [9.17, 15) is 14.5 Å². The Morgan fingerprint density at radius 1 is 1.71 bits per heavy atom. The van der Waals surface area contributed by atoms with E-state index in [0.29, 0.717) is 0 Å². The van der Waals surface area contributed by atoms with Crippen molar-refractivity contribution in [2.75, 3.05) is 13.7 Å². The van der Waals surface area contributed by atoms with Crippen LogP contribution < -0.4 is 10.1 Å². The first-order chi connectivity index (χ1) is 8.08. The Balaban J connectivity index is 2.84. The van der Waals surface area contributed by atoms with Gasteiger partial charge in [-0.1, -0.05) is 0 Å². The first-order valence-electron chi connectivity index (χ1n) is 4.72. The molecule has 7 heteroatoms. The molecule has 0 fully saturated rings. The highest BCUT2D eigenvalue weighted by molar-refractivity contribution is 5.46. The molecule has 1 atom stereocenters. The Morgan fingerprint density at radius 3 is 2.94 bits per heavy atom. The lowest BCUT2D eigenvalue weighted by Gasteiger charge is -2.10. The molecule has 1 unspecified atom stereocenters. The Bertz CT molecular complexity index is 459. The molecule has 6 nitrogen and oxygen atoms in total. The van der Waals surface area contributed by atoms with Gasteiger partial charge in [-0.2, -0.15) is 5.26 Å². The molecule has 90 valence electrons. The number of nitriles is 1. The van der Waals surface area contributed by atoms with Crippen LogP contribution in [0.4, 0.5) is 10.1 Å². The molecule has 0 spiro atoms. The summed E-state index contributed by atoms with van der Waals surface area (Å²) in [5.41, 5.74) is -0.460. The van der Waals surface area contributed by atoms with Gasteiger partial charge in [0.1, 0.15) is 18.5 Å². The zero-order valence-electron chi connectivity index (χ0n) is 9.01. The second-order valence-electron chi connectivity index (χ2n) is 3.15. The number of hydrogen-bond donors (Lipinski definition) is 1. The lowest BCUT2D eigenvalue weighted by atomic mass is 10.3. The highest BCUT2D eigenvalue weighted by atomic mass is 19.1. The van der Waals surface area contributed by atoms with Crippen LogP contribution in [0, 0.1) is 27.3 Å². The Labute approximate surface area is 96.8 Å². The van der Waals surface area contributed by atoms with Crippen LogP contribution >= 0.6 is 0 Å². The van der Waals surface area contributed by atoms with Gasteiger partial charge in [0.25, 0.3) is 0 Å². The number of hydrogen-bond acceptors (Lipinski definition) is 5. The second-order valence-corrected chi connectivity index (χ2v) is 3.15. The van der Waals surface area contributed by atoms with Gasteiger partial charge in [0.15, 0.2) is 5.75 Å². The van der Waals surface area contributed by atoms with Crippen LogP contribution in [0.1, 0.15) is 0 Å². The summed E-state index contributed by atoms with van der Waals surface area (Å²) >= 11 is 0. The predicted molar refractivity (Wildman–Crippen MR) is 57.0 cm³/mol. The number of rotatable bonds is 5. The van der Waals surface area contributed by atoms with Gasteiger partial charge >= 0.3 is 5.69 Å². The van der Waals surface area contributed by atoms with E-state index in [1.165, 1.54) is 0 Å². The molecule has 1 N–H and O–H groups in total. The van der Waals surface area contributed by atoms with Crippen molar-refractivity contribution < 1.29 is 14.1 Å². The quantitative estimate of drug-likeness (QED) is 0.616. The molecule has 0 aliphatic heterocycles. The Morgan fingerprint density at radius 2 is 2.41 bits per heavy atom. The van der Waals surface area contributed by atoms with Crippen LogP contribution in [0.5, 0.6) is 5.75 Å². The van der Waals surface area contributed by atoms with E-state index in [1.54, 1.807) is 7.05 Å². The highest BCUT2D eigenvalue weighted by Crippen LogP contribution is 2.27. The van der Waals surface area contributed by atoms with Gasteiger partial charge in [-0.05, 0) is 19.2 Å². The smallest absolute Gasteiger partial charge is 0.313 e. The molecule has 0 aliphatic rings. The molecule has 0 amide bonds. The first-order valence-corrected chi connectivity index (χ1v) is 4.72. The van der Waals surface area contributed by atoms with E-state index in [1.807, 2.05) is 6.07 Å². The summed E-state index contributed by atoms with van der Waals surface area (Å²) in [5.74, 6) is -0.776. The van der Waals surface area contributed by atoms with Crippen LogP contribution in [0.15, 0.2) is 18.2 Å². The maximum atomic E-state index is 12.8. The van der Waals surface area contributed by atoms with Crippen LogP contribution in [0.2, 0.25) is 0 Å². The van der Waals surface area contributed by atoms with Crippen molar-refractivity contribution in [2.24, 2.45) is 0 Å². The summed E-state index contributed by atoms with van der Waals surface area (Å²) in [6.45, 7) is -0.0561. The minimum absolute atomic E-state index is 0.0561. The summed E-state index contributed by atoms with van der Waals surface area (Å²) < 4.78 is 17.9. The molecule has 0 radical (unpaired) electrons. The lowest BCUT2D eigenvalue weighted by Crippen LogP contribution is -2.30. The molecule has 1 aromatic rings. The van der Waals surface area contributed by atoms with E-state index in [-0.39, 0.29) is 12.4 Å². The number of likely N-dealkylation sites (N-methyl/N-ethyl adjacent to an activating group) is 1. The molecule has 1 rings (SSSR count).